The Morgan fingerprint density at radius 2 is 1.67 bits per heavy atom. The number of hydrogen-bond acceptors (Lipinski definition) is 8. The van der Waals surface area contributed by atoms with Gasteiger partial charge in [-0.1, -0.05) is 48.0 Å². The minimum atomic E-state index is -0.686. The zero-order valence-corrected chi connectivity index (χ0v) is 27.3. The summed E-state index contributed by atoms with van der Waals surface area (Å²) >= 11 is 0. The molecule has 0 radical (unpaired) electrons. The molecule has 0 unspecified atom stereocenters. The lowest BCUT2D eigenvalue weighted by Gasteiger charge is -2.29. The van der Waals surface area contributed by atoms with Gasteiger partial charge in [0.1, 0.15) is 0 Å². The molecule has 3 aromatic rings. The van der Waals surface area contributed by atoms with E-state index in [4.69, 9.17) is 21.3 Å². The minimum Gasteiger partial charge on any atom is -0.398 e. The number of benzene rings is 3. The molecule has 11 nitrogen and oxygen atoms in total. The van der Waals surface area contributed by atoms with E-state index in [1.807, 2.05) is 65.3 Å². The number of anilines is 2. The third-order valence-corrected chi connectivity index (χ3v) is 9.74. The summed E-state index contributed by atoms with van der Waals surface area (Å²) in [5, 5.41) is 19.1. The number of carbonyl (C=O) groups excluding carboxylic acids is 3. The molecule has 11 heteroatoms. The number of nitrogen functional groups attached to an aromatic ring is 1. The average Bonchev–Trinajstić information content (AvgIpc) is 3.66. The lowest BCUT2D eigenvalue weighted by Crippen LogP contribution is -2.43. The number of nitrogens with zero attached hydrogens (tertiary/aromatic N) is 3. The first-order valence-electron chi connectivity index (χ1n) is 16.2. The first-order chi connectivity index (χ1) is 23.1. The van der Waals surface area contributed by atoms with Crippen molar-refractivity contribution in [3.63, 3.8) is 0 Å². The molecule has 1 atom stereocenters. The van der Waals surface area contributed by atoms with Crippen molar-refractivity contribution in [3.05, 3.63) is 101 Å². The highest BCUT2D eigenvalue weighted by molar-refractivity contribution is 6.15. The molecule has 0 aromatic heterocycles. The molecule has 2 fully saturated rings. The van der Waals surface area contributed by atoms with Gasteiger partial charge in [-0.2, -0.15) is 0 Å². The summed E-state index contributed by atoms with van der Waals surface area (Å²) in [5.41, 5.74) is 12.5. The lowest BCUT2D eigenvalue weighted by molar-refractivity contribution is -0.132. The Hall–Kier alpha value is -5.29. The van der Waals surface area contributed by atoms with Crippen LogP contribution >= 0.6 is 0 Å². The maximum absolute atomic E-state index is 13.9. The summed E-state index contributed by atoms with van der Waals surface area (Å²) in [7, 11) is 1.44. The number of hydrogen-bond donors (Lipinski definition) is 4. The molecule has 3 heterocycles. The van der Waals surface area contributed by atoms with Gasteiger partial charge in [-0.25, -0.2) is 4.79 Å². The topological polar surface area (TPSA) is 156 Å². The molecule has 3 aliphatic rings. The van der Waals surface area contributed by atoms with E-state index < -0.39 is 11.5 Å². The molecular weight excluding hydrogens is 606 g/mol. The second-order valence-corrected chi connectivity index (χ2v) is 12.8. The van der Waals surface area contributed by atoms with Gasteiger partial charge in [-0.15, -0.1) is 0 Å². The molecule has 48 heavy (non-hydrogen) atoms. The van der Waals surface area contributed by atoms with Gasteiger partial charge >= 0.3 is 6.09 Å². The lowest BCUT2D eigenvalue weighted by atomic mass is 9.85. The van der Waals surface area contributed by atoms with Gasteiger partial charge in [0, 0.05) is 61.3 Å². The number of nitrogens with two attached hydrogens (primary N) is 1. The van der Waals surface area contributed by atoms with Gasteiger partial charge in [-0.3, -0.25) is 25.3 Å². The molecule has 0 saturated carbocycles. The molecule has 248 valence electrons. The highest BCUT2D eigenvalue weighted by atomic mass is 16.6. The number of carbonyl (C=O) groups is 3. The van der Waals surface area contributed by atoms with Crippen LogP contribution in [0.3, 0.4) is 0 Å². The van der Waals surface area contributed by atoms with Gasteiger partial charge in [0.15, 0.2) is 0 Å². The van der Waals surface area contributed by atoms with E-state index in [9.17, 15) is 14.4 Å². The highest BCUT2D eigenvalue weighted by Gasteiger charge is 2.51. The minimum absolute atomic E-state index is 0.0533. The van der Waals surface area contributed by atoms with Crippen molar-refractivity contribution in [3.8, 4) is 0 Å². The first-order valence-corrected chi connectivity index (χ1v) is 16.2. The van der Waals surface area contributed by atoms with Crippen molar-refractivity contribution in [2.75, 3.05) is 56.9 Å². The third kappa shape index (κ3) is 6.59. The number of aryl methyl sites for hydroxylation is 1. The molecule has 5 N–H and O–H groups in total. The quantitative estimate of drug-likeness (QED) is 0.169. The van der Waals surface area contributed by atoms with Gasteiger partial charge in [0.25, 0.3) is 0 Å². The smallest absolute Gasteiger partial charge is 0.398 e. The SMILES string of the molecule is CNC(=O)OC(=N)c1ccc(C2=CCN(C(=O)CN3CC[C@]4(CCN(c5ccc(N)c(C(=N)c6ccc(C)cc6)c5)C4=O)C3)CC2)cc1. The van der Waals surface area contributed by atoms with E-state index in [1.54, 1.807) is 18.2 Å². The van der Waals surface area contributed by atoms with Gasteiger partial charge in [-0.05, 0) is 74.2 Å². The largest absolute Gasteiger partial charge is 0.413 e. The standard InChI is InChI=1S/C37H41N7O4/c1-24-3-5-27(6-4-24)33(39)30-21-29(11-12-31(30)38)44-20-16-37(35(44)46)15-19-42(23-37)22-32(45)43-17-13-26(14-18-43)25-7-9-28(10-8-25)34(40)48-36(47)41-2/h3-13,21,39-40H,14-20,22-23,38H2,1-2H3,(H,41,47)/t37-/m0/s1. The number of amides is 3. The van der Waals surface area contributed by atoms with Crippen LogP contribution in [0.25, 0.3) is 5.57 Å². The fourth-order valence-corrected chi connectivity index (χ4v) is 6.83. The molecule has 3 amide bonds. The zero-order valence-electron chi connectivity index (χ0n) is 27.3. The van der Waals surface area contributed by atoms with Crippen molar-refractivity contribution in [2.45, 2.75) is 26.2 Å². The number of nitrogens with one attached hydrogen (secondary N) is 3. The van der Waals surface area contributed by atoms with Crippen molar-refractivity contribution >= 4 is 46.5 Å². The Kier molecular flexibility index (Phi) is 9.14. The number of likely N-dealkylation sites (tertiary alicyclic amines) is 1. The van der Waals surface area contributed by atoms with Crippen LogP contribution in [-0.4, -0.2) is 85.6 Å². The predicted molar refractivity (Wildman–Crippen MR) is 186 cm³/mol. The van der Waals surface area contributed by atoms with Crippen LogP contribution in [0.15, 0.2) is 72.8 Å². The maximum atomic E-state index is 13.9. The van der Waals surface area contributed by atoms with Crippen LogP contribution in [0, 0.1) is 23.2 Å². The summed E-state index contributed by atoms with van der Waals surface area (Å²) < 4.78 is 4.90. The van der Waals surface area contributed by atoms with E-state index >= 15 is 0 Å². The van der Waals surface area contributed by atoms with Crippen molar-refractivity contribution in [2.24, 2.45) is 5.41 Å². The van der Waals surface area contributed by atoms with E-state index in [2.05, 4.69) is 16.3 Å². The fraction of sp³-hybridized carbons (Fsp3) is 0.324. The van der Waals surface area contributed by atoms with Crippen LogP contribution in [0.5, 0.6) is 0 Å². The molecule has 2 saturated heterocycles. The Morgan fingerprint density at radius 3 is 2.35 bits per heavy atom. The second-order valence-electron chi connectivity index (χ2n) is 12.8. The predicted octanol–water partition coefficient (Wildman–Crippen LogP) is 4.42. The molecular formula is C37H41N7O4. The summed E-state index contributed by atoms with van der Waals surface area (Å²) in [6, 6.07) is 20.5. The van der Waals surface area contributed by atoms with Gasteiger partial charge < -0.3 is 25.6 Å². The Bertz CT molecular complexity index is 1800. The zero-order chi connectivity index (χ0) is 34.0. The van der Waals surface area contributed by atoms with E-state index in [-0.39, 0.29) is 24.3 Å². The van der Waals surface area contributed by atoms with Gasteiger partial charge in [0.05, 0.1) is 17.7 Å². The average molecular weight is 648 g/mol. The Morgan fingerprint density at radius 1 is 0.958 bits per heavy atom. The number of rotatable bonds is 7. The maximum Gasteiger partial charge on any atom is 0.413 e. The van der Waals surface area contributed by atoms with E-state index in [1.165, 1.54) is 7.05 Å². The molecule has 0 bridgehead atoms. The van der Waals surface area contributed by atoms with Crippen LogP contribution in [0.4, 0.5) is 16.2 Å². The number of alkyl carbamates (subject to hydrolysis) is 1. The monoisotopic (exact) mass is 647 g/mol. The summed E-state index contributed by atoms with van der Waals surface area (Å²) in [6.45, 7) is 5.22. The van der Waals surface area contributed by atoms with Crippen molar-refractivity contribution in [1.82, 2.24) is 15.1 Å². The normalized spacial score (nSPS) is 19.4. The van der Waals surface area contributed by atoms with Crippen LogP contribution < -0.4 is 16.0 Å². The summed E-state index contributed by atoms with van der Waals surface area (Å²) in [4.78, 5) is 44.4. The second kappa shape index (κ2) is 13.4. The molecule has 0 aliphatic carbocycles. The highest BCUT2D eigenvalue weighted by Crippen LogP contribution is 2.43. The van der Waals surface area contributed by atoms with Crippen molar-refractivity contribution < 1.29 is 19.1 Å². The Labute approximate surface area is 280 Å². The van der Waals surface area contributed by atoms with Crippen molar-refractivity contribution in [1.29, 1.82) is 10.8 Å². The van der Waals surface area contributed by atoms with E-state index in [0.29, 0.717) is 68.1 Å². The summed E-state index contributed by atoms with van der Waals surface area (Å²) in [6.07, 6.45) is 3.51. The molecule has 6 rings (SSSR count). The number of ether oxygens (including phenoxy) is 1. The Balaban J connectivity index is 1.04. The van der Waals surface area contributed by atoms with Crippen LogP contribution in [0.2, 0.25) is 0 Å². The first kappa shape index (κ1) is 32.6. The molecule has 1 spiro atoms. The van der Waals surface area contributed by atoms with E-state index in [0.717, 1.165) is 34.4 Å². The van der Waals surface area contributed by atoms with Crippen LogP contribution in [-0.2, 0) is 14.3 Å². The van der Waals surface area contributed by atoms with Crippen LogP contribution in [0.1, 0.15) is 47.1 Å². The van der Waals surface area contributed by atoms with Gasteiger partial charge in [0.2, 0.25) is 17.7 Å². The molecule has 3 aliphatic heterocycles. The fourth-order valence-electron chi connectivity index (χ4n) is 6.83. The third-order valence-electron chi connectivity index (χ3n) is 9.74. The molecule has 3 aromatic carbocycles. The summed E-state index contributed by atoms with van der Waals surface area (Å²) in [5.74, 6) is -0.0971.